The van der Waals surface area contributed by atoms with E-state index in [0.29, 0.717) is 0 Å². The summed E-state index contributed by atoms with van der Waals surface area (Å²) in [6.45, 7) is 0. The van der Waals surface area contributed by atoms with Crippen LogP contribution in [0.2, 0.25) is 0 Å². The molecule has 59 heavy (non-hydrogen) atoms. The molecule has 0 aliphatic carbocycles. The van der Waals surface area contributed by atoms with Crippen LogP contribution in [0.15, 0.2) is 200 Å². The first-order valence-electron chi connectivity index (χ1n) is 20.0. The molecule has 0 aliphatic heterocycles. The Labute approximate surface area is 346 Å². The lowest BCUT2D eigenvalue weighted by Gasteiger charge is -2.14. The topological polar surface area (TPSA) is 14.8 Å². The van der Waals surface area contributed by atoms with Crippen LogP contribution >= 0.6 is 22.7 Å². The Balaban J connectivity index is 1.13. The van der Waals surface area contributed by atoms with E-state index < -0.39 is 0 Å². The van der Waals surface area contributed by atoms with Crippen LogP contribution < -0.4 is 0 Å². The van der Waals surface area contributed by atoms with Crippen molar-refractivity contribution in [3.05, 3.63) is 200 Å². The Morgan fingerprint density at radius 2 is 0.797 bits per heavy atom. The molecule has 0 fully saturated rings. The van der Waals surface area contributed by atoms with E-state index in [-0.39, 0.29) is 0 Å². The molecule has 0 N–H and O–H groups in total. The summed E-state index contributed by atoms with van der Waals surface area (Å²) in [6.07, 6.45) is 0. The molecule has 13 aromatic rings. The van der Waals surface area contributed by atoms with Gasteiger partial charge in [0.15, 0.2) is 0 Å². The van der Waals surface area contributed by atoms with Gasteiger partial charge in [-0.2, -0.15) is 0 Å². The second-order valence-corrected chi connectivity index (χ2v) is 17.6. The number of hydrogen-bond acceptors (Lipinski definition) is 2. The average Bonchev–Trinajstić information content (AvgIpc) is 3.96. The highest BCUT2D eigenvalue weighted by atomic mass is 32.1. The second kappa shape index (κ2) is 12.7. The minimum atomic E-state index is 1.11. The molecule has 0 aliphatic rings. The Kier molecular flexibility index (Phi) is 7.05. The minimum absolute atomic E-state index is 1.11. The monoisotopic (exact) mass is 787 g/mol. The van der Waals surface area contributed by atoms with Crippen LogP contribution in [0, 0.1) is 0 Å². The summed E-state index contributed by atoms with van der Waals surface area (Å²) in [5.74, 6) is 0. The van der Waals surface area contributed by atoms with Crippen molar-refractivity contribution in [3.63, 3.8) is 0 Å². The molecular formula is C54H33N3S2. The maximum absolute atomic E-state index is 2.44. The van der Waals surface area contributed by atoms with Gasteiger partial charge in [-0.25, -0.2) is 0 Å². The second-order valence-electron chi connectivity index (χ2n) is 15.4. The standard InChI is InChI=1S/C54H33N3S2/c1-2-12-36(13-3-1)57-49-18-6-4-16-43(49)46-30-39(21-25-50(46)57)55-37-14-8-10-34(28-37)35-11-9-15-38(29-35)56(42-20-24-45-44-17-5-7-19-51(44)59-54(45)33-42)41-23-27-53-48(32-41)47-31-40(55)22-26-52(47)58-53/h1-33H. The lowest BCUT2D eigenvalue weighted by molar-refractivity contribution is 1.15. The molecule has 0 atom stereocenters. The van der Waals surface area contributed by atoms with E-state index in [1.54, 1.807) is 0 Å². The highest BCUT2D eigenvalue weighted by molar-refractivity contribution is 7.26. The molecule has 3 nitrogen and oxygen atoms in total. The summed E-state index contributed by atoms with van der Waals surface area (Å²) in [6, 6.07) is 74.2. The first kappa shape index (κ1) is 32.9. The summed E-state index contributed by atoms with van der Waals surface area (Å²) >= 11 is 3.73. The summed E-state index contributed by atoms with van der Waals surface area (Å²) in [7, 11) is 0. The highest BCUT2D eigenvalue weighted by Gasteiger charge is 2.15. The van der Waals surface area contributed by atoms with Crippen molar-refractivity contribution in [1.29, 1.82) is 0 Å². The zero-order valence-corrected chi connectivity index (χ0v) is 33.3. The van der Waals surface area contributed by atoms with Crippen LogP contribution in [0.25, 0.3) is 112 Å². The van der Waals surface area contributed by atoms with Gasteiger partial charge in [-0.05, 0) is 126 Å². The van der Waals surface area contributed by atoms with Crippen LogP contribution in [-0.4, -0.2) is 13.7 Å². The van der Waals surface area contributed by atoms with Crippen molar-refractivity contribution >= 4 is 118 Å². The molecule has 4 heterocycles. The fourth-order valence-electron chi connectivity index (χ4n) is 9.38. The molecule has 0 radical (unpaired) electrons. The molecule has 276 valence electrons. The zero-order chi connectivity index (χ0) is 38.6. The van der Waals surface area contributed by atoms with Crippen LogP contribution in [0.3, 0.4) is 0 Å². The smallest absolute Gasteiger partial charge is 0.0542 e. The fourth-order valence-corrected chi connectivity index (χ4v) is 11.6. The molecule has 0 saturated carbocycles. The van der Waals surface area contributed by atoms with Gasteiger partial charge in [-0.3, -0.25) is 0 Å². The molecule has 0 unspecified atom stereocenters. The third kappa shape index (κ3) is 5.05. The predicted octanol–water partition coefficient (Wildman–Crippen LogP) is 15.7. The van der Waals surface area contributed by atoms with Crippen LogP contribution in [-0.2, 0) is 0 Å². The third-order valence-corrected chi connectivity index (χ3v) is 14.3. The number of benzene rings is 9. The van der Waals surface area contributed by atoms with Gasteiger partial charge in [0.05, 0.1) is 11.0 Å². The first-order valence-corrected chi connectivity index (χ1v) is 21.6. The Morgan fingerprint density at radius 1 is 0.254 bits per heavy atom. The number of thiophene rings is 2. The van der Waals surface area contributed by atoms with Crippen molar-refractivity contribution in [1.82, 2.24) is 13.7 Å². The van der Waals surface area contributed by atoms with Crippen LogP contribution in [0.5, 0.6) is 0 Å². The molecule has 9 aromatic carbocycles. The van der Waals surface area contributed by atoms with Gasteiger partial charge in [0.2, 0.25) is 0 Å². The predicted molar refractivity (Wildman–Crippen MR) is 255 cm³/mol. The van der Waals surface area contributed by atoms with Gasteiger partial charge in [0.1, 0.15) is 0 Å². The van der Waals surface area contributed by atoms with Gasteiger partial charge in [0.25, 0.3) is 0 Å². The minimum Gasteiger partial charge on any atom is -0.310 e. The summed E-state index contributed by atoms with van der Waals surface area (Å²) in [4.78, 5) is 0. The largest absolute Gasteiger partial charge is 0.310 e. The molecule has 0 amide bonds. The number of nitrogens with zero attached hydrogens (tertiary/aromatic N) is 3. The van der Waals surface area contributed by atoms with Crippen molar-refractivity contribution in [2.24, 2.45) is 0 Å². The van der Waals surface area contributed by atoms with Gasteiger partial charge < -0.3 is 13.7 Å². The number of rotatable bonds is 3. The van der Waals surface area contributed by atoms with Crippen molar-refractivity contribution in [3.8, 4) is 17.1 Å². The Hall–Kier alpha value is -7.18. The molecule has 0 saturated heterocycles. The lowest BCUT2D eigenvalue weighted by atomic mass is 10.1. The van der Waals surface area contributed by atoms with E-state index in [2.05, 4.69) is 214 Å². The van der Waals surface area contributed by atoms with E-state index in [9.17, 15) is 0 Å². The molecule has 5 heteroatoms. The summed E-state index contributed by atoms with van der Waals surface area (Å²) in [5.41, 5.74) is 10.3. The Morgan fingerprint density at radius 3 is 1.53 bits per heavy atom. The van der Waals surface area contributed by atoms with Crippen molar-refractivity contribution in [2.75, 3.05) is 0 Å². The fraction of sp³-hybridized carbons (Fsp3) is 0. The van der Waals surface area contributed by atoms with Gasteiger partial charge >= 0.3 is 0 Å². The lowest BCUT2D eigenvalue weighted by Crippen LogP contribution is -1.98. The van der Waals surface area contributed by atoms with Crippen molar-refractivity contribution in [2.45, 2.75) is 0 Å². The van der Waals surface area contributed by atoms with Gasteiger partial charge in [-0.15, -0.1) is 22.7 Å². The van der Waals surface area contributed by atoms with E-state index in [1.807, 2.05) is 22.7 Å². The van der Waals surface area contributed by atoms with Crippen LogP contribution in [0.4, 0.5) is 0 Å². The van der Waals surface area contributed by atoms with Gasteiger partial charge in [-0.1, -0.05) is 84.9 Å². The molecule has 8 bridgehead atoms. The SMILES string of the molecule is c1ccc(-n2c3ccccc3c3cc(-n4c5cccc(c5)c5cccc(c5)n(-c5ccc6c(c5)sc5ccccc56)c5ccc6sc7ccc4cc7c6c5)ccc32)cc1. The molecule has 4 aromatic heterocycles. The molecule has 0 spiro atoms. The van der Waals surface area contributed by atoms with E-state index in [1.165, 1.54) is 72.9 Å². The van der Waals surface area contributed by atoms with Crippen LogP contribution in [0.1, 0.15) is 0 Å². The summed E-state index contributed by atoms with van der Waals surface area (Å²) < 4.78 is 12.4. The maximum Gasteiger partial charge on any atom is 0.0542 e. The number of aromatic nitrogens is 3. The zero-order valence-electron chi connectivity index (χ0n) is 31.7. The normalized spacial score (nSPS) is 12.1. The Bertz CT molecular complexity index is 3910. The number of hydrogen-bond donors (Lipinski definition) is 0. The van der Waals surface area contributed by atoms with E-state index >= 15 is 0 Å². The first-order chi connectivity index (χ1) is 29.2. The van der Waals surface area contributed by atoms with Crippen molar-refractivity contribution < 1.29 is 0 Å². The van der Waals surface area contributed by atoms with Gasteiger partial charge in [0, 0.05) is 90.2 Å². The highest BCUT2D eigenvalue weighted by Crippen LogP contribution is 2.40. The summed E-state index contributed by atoms with van der Waals surface area (Å²) in [5, 5.41) is 9.95. The number of fused-ring (bicyclic) bond motifs is 13. The maximum atomic E-state index is 2.44. The quantitative estimate of drug-likeness (QED) is 0.169. The molecule has 13 rings (SSSR count). The number of para-hydroxylation sites is 2. The van der Waals surface area contributed by atoms with E-state index in [0.717, 1.165) is 39.1 Å². The van der Waals surface area contributed by atoms with E-state index in [4.69, 9.17) is 0 Å². The third-order valence-electron chi connectivity index (χ3n) is 12.0. The molecular weight excluding hydrogens is 755 g/mol. The average molecular weight is 788 g/mol.